The molecule has 3 aromatic carbocycles. The van der Waals surface area contributed by atoms with E-state index < -0.39 is 24.2 Å². The molecule has 0 aliphatic heterocycles. The van der Waals surface area contributed by atoms with Crippen LogP contribution < -0.4 is 15.5 Å². The van der Waals surface area contributed by atoms with Crippen molar-refractivity contribution in [3.63, 3.8) is 0 Å². The fourth-order valence-corrected chi connectivity index (χ4v) is 4.10. The molecule has 0 saturated heterocycles. The van der Waals surface area contributed by atoms with Crippen LogP contribution in [-0.4, -0.2) is 28.4 Å². The van der Waals surface area contributed by atoms with Crippen LogP contribution in [0.25, 0.3) is 0 Å². The van der Waals surface area contributed by atoms with Crippen LogP contribution in [0.4, 0.5) is 10.5 Å². The number of carbonyl (C=O) groups excluding carboxylic acids is 2. The molecular formula is C26H24BrIN2O6. The predicted octanol–water partition coefficient (Wildman–Crippen LogP) is 6.34. The SMILES string of the molecule is O=C(/C=C/CC[C@@H](Oc1ccccc1)[C@H](OC(=O)Nc1ccc(Br)cc1)c1cc(I)ccc1O)NO. The molecule has 0 aliphatic carbocycles. The molecule has 3 aromatic rings. The summed E-state index contributed by atoms with van der Waals surface area (Å²) in [7, 11) is 0. The minimum absolute atomic E-state index is 0.0475. The Morgan fingerprint density at radius 2 is 1.78 bits per heavy atom. The van der Waals surface area contributed by atoms with Gasteiger partial charge in [-0.1, -0.05) is 40.2 Å². The highest BCUT2D eigenvalue weighted by Crippen LogP contribution is 2.35. The molecule has 3 rings (SSSR count). The molecule has 0 fully saturated rings. The summed E-state index contributed by atoms with van der Waals surface area (Å²) in [4.78, 5) is 24.2. The molecule has 10 heteroatoms. The van der Waals surface area contributed by atoms with Crippen molar-refractivity contribution in [2.75, 3.05) is 5.32 Å². The summed E-state index contributed by atoms with van der Waals surface area (Å²) in [6.07, 6.45) is 1.01. The van der Waals surface area contributed by atoms with Crippen LogP contribution in [0, 0.1) is 3.57 Å². The number of hydroxylamine groups is 1. The van der Waals surface area contributed by atoms with Crippen LogP contribution in [0.5, 0.6) is 11.5 Å². The van der Waals surface area contributed by atoms with E-state index in [-0.39, 0.29) is 5.75 Å². The summed E-state index contributed by atoms with van der Waals surface area (Å²) in [6.45, 7) is 0. The Morgan fingerprint density at radius 1 is 1.06 bits per heavy atom. The predicted molar refractivity (Wildman–Crippen MR) is 147 cm³/mol. The van der Waals surface area contributed by atoms with E-state index in [0.717, 1.165) is 8.04 Å². The average Bonchev–Trinajstić information content (AvgIpc) is 2.88. The Labute approximate surface area is 230 Å². The number of phenols is 1. The molecule has 0 bridgehead atoms. The van der Waals surface area contributed by atoms with Crippen LogP contribution in [0.15, 0.2) is 89.4 Å². The van der Waals surface area contributed by atoms with Gasteiger partial charge < -0.3 is 14.6 Å². The summed E-state index contributed by atoms with van der Waals surface area (Å²) >= 11 is 5.47. The van der Waals surface area contributed by atoms with Crippen LogP contribution >= 0.6 is 38.5 Å². The largest absolute Gasteiger partial charge is 0.508 e. The van der Waals surface area contributed by atoms with Gasteiger partial charge in [0.15, 0.2) is 6.10 Å². The smallest absolute Gasteiger partial charge is 0.412 e. The fourth-order valence-electron chi connectivity index (χ4n) is 3.32. The van der Waals surface area contributed by atoms with Crippen molar-refractivity contribution in [1.82, 2.24) is 5.48 Å². The number of amides is 2. The zero-order valence-corrected chi connectivity index (χ0v) is 22.7. The van der Waals surface area contributed by atoms with Gasteiger partial charge in [-0.2, -0.15) is 0 Å². The number of benzene rings is 3. The lowest BCUT2D eigenvalue weighted by Gasteiger charge is -2.28. The molecule has 36 heavy (non-hydrogen) atoms. The first-order chi connectivity index (χ1) is 17.4. The summed E-state index contributed by atoms with van der Waals surface area (Å²) < 4.78 is 13.8. The maximum atomic E-state index is 12.9. The van der Waals surface area contributed by atoms with Crippen molar-refractivity contribution < 1.29 is 29.4 Å². The van der Waals surface area contributed by atoms with Crippen molar-refractivity contribution in [2.45, 2.75) is 25.0 Å². The number of rotatable bonds is 10. The Balaban J connectivity index is 1.91. The minimum Gasteiger partial charge on any atom is -0.508 e. The normalized spacial score (nSPS) is 12.5. The van der Waals surface area contributed by atoms with Gasteiger partial charge in [0.05, 0.1) is 0 Å². The second kappa shape index (κ2) is 13.9. The number of carbonyl (C=O) groups is 2. The summed E-state index contributed by atoms with van der Waals surface area (Å²) in [5.41, 5.74) is 2.45. The van der Waals surface area contributed by atoms with Crippen molar-refractivity contribution >= 4 is 56.2 Å². The Bertz CT molecular complexity index is 1190. The number of halogens is 2. The quantitative estimate of drug-likeness (QED) is 0.0869. The van der Waals surface area contributed by atoms with E-state index >= 15 is 0 Å². The first-order valence-electron chi connectivity index (χ1n) is 10.9. The fraction of sp³-hybridized carbons (Fsp3) is 0.154. The molecule has 0 unspecified atom stereocenters. The number of aromatic hydroxyl groups is 1. The molecule has 0 radical (unpaired) electrons. The molecule has 0 heterocycles. The number of ether oxygens (including phenoxy) is 2. The van der Waals surface area contributed by atoms with Crippen molar-refractivity contribution in [3.05, 3.63) is 98.6 Å². The second-order valence-electron chi connectivity index (χ2n) is 7.59. The first-order valence-corrected chi connectivity index (χ1v) is 12.8. The summed E-state index contributed by atoms with van der Waals surface area (Å²) in [5.74, 6) is -0.159. The highest BCUT2D eigenvalue weighted by Gasteiger charge is 2.31. The molecule has 8 nitrogen and oxygen atoms in total. The standard InChI is InChI=1S/C26H24BrIN2O6/c27-17-10-13-19(14-11-17)29-26(33)36-25(21-16-18(28)12-15-22(21)31)23(8-4-5-9-24(32)30-34)35-20-6-2-1-3-7-20/h1-3,5-7,9-16,23,25,31,34H,4,8H2,(H,29,33)(H,30,32)/b9-5+/t23-,25-/m1/s1. The lowest BCUT2D eigenvalue weighted by atomic mass is 9.99. The Morgan fingerprint density at radius 3 is 2.47 bits per heavy atom. The van der Waals surface area contributed by atoms with E-state index in [0.29, 0.717) is 29.8 Å². The number of allylic oxidation sites excluding steroid dienone is 1. The molecule has 0 aliphatic rings. The highest BCUT2D eigenvalue weighted by molar-refractivity contribution is 14.1. The molecule has 0 saturated carbocycles. The highest BCUT2D eigenvalue weighted by atomic mass is 127. The molecule has 4 N–H and O–H groups in total. The van der Waals surface area contributed by atoms with Gasteiger partial charge in [0, 0.05) is 25.4 Å². The maximum Gasteiger partial charge on any atom is 0.412 e. The van der Waals surface area contributed by atoms with E-state index in [4.69, 9.17) is 14.7 Å². The third kappa shape index (κ3) is 8.54. The maximum absolute atomic E-state index is 12.9. The Kier molecular flexibility index (Phi) is 10.6. The molecule has 2 atom stereocenters. The number of hydrogen-bond acceptors (Lipinski definition) is 6. The van der Waals surface area contributed by atoms with Gasteiger partial charge in [0.1, 0.15) is 17.6 Å². The lowest BCUT2D eigenvalue weighted by molar-refractivity contribution is -0.124. The van der Waals surface area contributed by atoms with E-state index in [9.17, 15) is 14.7 Å². The number of nitrogens with one attached hydrogen (secondary N) is 2. The zero-order chi connectivity index (χ0) is 25.9. The second-order valence-corrected chi connectivity index (χ2v) is 9.75. The monoisotopic (exact) mass is 666 g/mol. The number of phenolic OH excluding ortho intramolecular Hbond substituents is 1. The van der Waals surface area contributed by atoms with Crippen molar-refractivity contribution in [3.8, 4) is 11.5 Å². The van der Waals surface area contributed by atoms with Crippen molar-refractivity contribution in [2.24, 2.45) is 0 Å². The average molecular weight is 667 g/mol. The van der Waals surface area contributed by atoms with Gasteiger partial charge in [0.2, 0.25) is 0 Å². The third-order valence-corrected chi connectivity index (χ3v) is 6.19. The molecule has 2 amide bonds. The summed E-state index contributed by atoms with van der Waals surface area (Å²) in [6, 6.07) is 21.0. The summed E-state index contributed by atoms with van der Waals surface area (Å²) in [5, 5.41) is 22.1. The van der Waals surface area contributed by atoms with Gasteiger partial charge in [-0.25, -0.2) is 10.3 Å². The van der Waals surface area contributed by atoms with Crippen LogP contribution in [0.2, 0.25) is 0 Å². The number of para-hydroxylation sites is 1. The lowest BCUT2D eigenvalue weighted by Crippen LogP contribution is -2.31. The van der Waals surface area contributed by atoms with E-state index in [1.165, 1.54) is 17.6 Å². The topological polar surface area (TPSA) is 117 Å². The molecular weight excluding hydrogens is 643 g/mol. The third-order valence-electron chi connectivity index (χ3n) is 4.99. The first kappa shape index (κ1) is 27.5. The van der Waals surface area contributed by atoms with Gasteiger partial charge in [-0.05, 0) is 90.0 Å². The molecule has 188 valence electrons. The molecule has 0 aromatic heterocycles. The zero-order valence-electron chi connectivity index (χ0n) is 18.9. The van der Waals surface area contributed by atoms with Gasteiger partial charge in [-0.15, -0.1) is 0 Å². The van der Waals surface area contributed by atoms with E-state index in [1.54, 1.807) is 54.6 Å². The van der Waals surface area contributed by atoms with Crippen LogP contribution in [0.1, 0.15) is 24.5 Å². The van der Waals surface area contributed by atoms with Gasteiger partial charge >= 0.3 is 6.09 Å². The van der Waals surface area contributed by atoms with E-state index in [1.807, 2.05) is 18.2 Å². The van der Waals surface area contributed by atoms with Gasteiger partial charge in [0.25, 0.3) is 5.91 Å². The van der Waals surface area contributed by atoms with Gasteiger partial charge in [-0.3, -0.25) is 15.3 Å². The van der Waals surface area contributed by atoms with Crippen molar-refractivity contribution in [1.29, 1.82) is 0 Å². The van der Waals surface area contributed by atoms with Crippen LogP contribution in [0.3, 0.4) is 0 Å². The number of anilines is 1. The minimum atomic E-state index is -0.990. The number of hydrogen-bond donors (Lipinski definition) is 4. The molecule has 0 spiro atoms. The Hall–Kier alpha value is -3.09. The van der Waals surface area contributed by atoms with E-state index in [2.05, 4.69) is 43.8 Å². The van der Waals surface area contributed by atoms with Crippen LogP contribution in [-0.2, 0) is 9.53 Å².